The number of nitro groups is 1. The second-order valence-corrected chi connectivity index (χ2v) is 11.9. The van der Waals surface area contributed by atoms with Gasteiger partial charge in [0, 0.05) is 43.2 Å². The molecule has 1 amide bonds. The Balaban J connectivity index is 0.000000231. The fraction of sp³-hybridized carbons (Fsp3) is 0.233. The maximum Gasteiger partial charge on any atom is 0.328 e. The van der Waals surface area contributed by atoms with Crippen molar-refractivity contribution >= 4 is 74.6 Å². The lowest BCUT2D eigenvalue weighted by Gasteiger charge is -2.27. The number of benzene rings is 3. The van der Waals surface area contributed by atoms with Crippen molar-refractivity contribution in [1.82, 2.24) is 0 Å². The quantitative estimate of drug-likeness (QED) is 0.123. The SMILES string of the molecule is Cc1cc(NC(=O)C2CCCCC2C(=O)O)ccc1Br.O=C(O)C=Cc1cc([N+](=O)[O-])ccc1Sc1ccc(Cl)cc1. The normalized spacial score (nSPS) is 16.3. The third-order valence-corrected chi connectivity index (χ3v) is 8.74. The summed E-state index contributed by atoms with van der Waals surface area (Å²) in [6.07, 6.45) is 5.34. The predicted molar refractivity (Wildman–Crippen MR) is 166 cm³/mol. The van der Waals surface area contributed by atoms with Gasteiger partial charge in [-0.05, 0) is 85.5 Å². The number of non-ortho nitro benzene ring substituents is 1. The van der Waals surface area contributed by atoms with Gasteiger partial charge in [-0.1, -0.05) is 52.1 Å². The zero-order valence-electron chi connectivity index (χ0n) is 22.5. The molecule has 1 aliphatic carbocycles. The Morgan fingerprint density at radius 3 is 2.29 bits per heavy atom. The number of hydrogen-bond acceptors (Lipinski definition) is 6. The lowest BCUT2D eigenvalue weighted by molar-refractivity contribution is -0.384. The molecule has 12 heteroatoms. The van der Waals surface area contributed by atoms with Crippen LogP contribution in [-0.4, -0.2) is 33.0 Å². The summed E-state index contributed by atoms with van der Waals surface area (Å²) >= 11 is 10.6. The molecule has 0 bridgehead atoms. The van der Waals surface area contributed by atoms with Gasteiger partial charge in [-0.15, -0.1) is 0 Å². The average molecular weight is 676 g/mol. The number of amides is 1. The Hall–Kier alpha value is -3.67. The smallest absolute Gasteiger partial charge is 0.328 e. The fourth-order valence-electron chi connectivity index (χ4n) is 4.36. The number of carboxylic acids is 2. The lowest BCUT2D eigenvalue weighted by atomic mass is 9.78. The summed E-state index contributed by atoms with van der Waals surface area (Å²) in [6.45, 7) is 1.94. The molecule has 0 heterocycles. The molecule has 0 saturated heterocycles. The molecule has 3 N–H and O–H groups in total. The van der Waals surface area contributed by atoms with E-state index in [0.29, 0.717) is 34.0 Å². The number of aryl methyl sites for hydroxylation is 1. The van der Waals surface area contributed by atoms with Crippen LogP contribution in [0.5, 0.6) is 0 Å². The molecule has 2 unspecified atom stereocenters. The Morgan fingerprint density at radius 2 is 1.69 bits per heavy atom. The first-order chi connectivity index (χ1) is 19.9. The molecule has 0 aromatic heterocycles. The van der Waals surface area contributed by atoms with Gasteiger partial charge in [0.25, 0.3) is 5.69 Å². The average Bonchev–Trinajstić information content (AvgIpc) is 2.95. The molecule has 0 spiro atoms. The van der Waals surface area contributed by atoms with Gasteiger partial charge in [0.2, 0.25) is 5.91 Å². The number of hydrogen-bond donors (Lipinski definition) is 3. The van der Waals surface area contributed by atoms with E-state index < -0.39 is 28.7 Å². The number of anilines is 1. The third-order valence-electron chi connectivity index (χ3n) is 6.50. The molecule has 1 aliphatic rings. The number of carbonyl (C=O) groups is 3. The van der Waals surface area contributed by atoms with E-state index in [9.17, 15) is 29.6 Å². The summed E-state index contributed by atoms with van der Waals surface area (Å²) in [5.74, 6) is -3.14. The van der Waals surface area contributed by atoms with Gasteiger partial charge in [0.05, 0.1) is 16.8 Å². The van der Waals surface area contributed by atoms with Crippen LogP contribution < -0.4 is 5.32 Å². The highest BCUT2D eigenvalue weighted by atomic mass is 79.9. The van der Waals surface area contributed by atoms with Crippen LogP contribution in [0.4, 0.5) is 11.4 Å². The molecule has 1 saturated carbocycles. The lowest BCUT2D eigenvalue weighted by Crippen LogP contribution is -2.36. The third kappa shape index (κ3) is 9.71. The minimum absolute atomic E-state index is 0.0921. The van der Waals surface area contributed by atoms with Crippen LogP contribution in [0.1, 0.15) is 36.8 Å². The summed E-state index contributed by atoms with van der Waals surface area (Å²) < 4.78 is 0.983. The summed E-state index contributed by atoms with van der Waals surface area (Å²) in [6, 6.07) is 17.0. The van der Waals surface area contributed by atoms with Crippen molar-refractivity contribution in [3.63, 3.8) is 0 Å². The molecule has 3 aromatic carbocycles. The molecule has 220 valence electrons. The number of halogens is 2. The van der Waals surface area contributed by atoms with Crippen molar-refractivity contribution in [2.45, 2.75) is 42.4 Å². The van der Waals surface area contributed by atoms with E-state index in [1.165, 1.54) is 30.0 Å². The molecule has 9 nitrogen and oxygen atoms in total. The van der Waals surface area contributed by atoms with Crippen LogP contribution in [0.25, 0.3) is 6.08 Å². The Labute approximate surface area is 260 Å². The topological polar surface area (TPSA) is 147 Å². The first kappa shape index (κ1) is 32.8. The summed E-state index contributed by atoms with van der Waals surface area (Å²) in [5, 5.41) is 32.2. The zero-order chi connectivity index (χ0) is 30.8. The highest BCUT2D eigenvalue weighted by Gasteiger charge is 2.35. The van der Waals surface area contributed by atoms with Crippen molar-refractivity contribution in [2.75, 3.05) is 5.32 Å². The summed E-state index contributed by atoms with van der Waals surface area (Å²) in [5.41, 5.74) is 2.12. The number of nitrogens with zero attached hydrogens (tertiary/aromatic N) is 1. The van der Waals surface area contributed by atoms with Gasteiger partial charge in [-0.3, -0.25) is 19.7 Å². The molecular formula is C30H28BrClN2O7S. The number of rotatable bonds is 8. The van der Waals surface area contributed by atoms with Gasteiger partial charge < -0.3 is 15.5 Å². The largest absolute Gasteiger partial charge is 0.481 e. The predicted octanol–water partition coefficient (Wildman–Crippen LogP) is 8.08. The first-order valence-electron chi connectivity index (χ1n) is 12.9. The van der Waals surface area contributed by atoms with Crippen LogP contribution in [0.15, 0.2) is 81.0 Å². The molecule has 0 radical (unpaired) electrons. The second-order valence-electron chi connectivity index (χ2n) is 9.50. The standard InChI is InChI=1S/C15H18BrNO3.C15H10ClNO4S/c1-9-8-10(6-7-13(9)16)17-14(18)11-4-2-3-5-12(11)15(19)20;16-11-2-5-13(6-3-11)22-14-7-4-12(17(20)21)9-10(14)1-8-15(18)19/h6-8,11-12H,2-5H2,1H3,(H,17,18)(H,19,20);1-9H,(H,18,19). The van der Waals surface area contributed by atoms with Crippen LogP contribution in [0.3, 0.4) is 0 Å². The van der Waals surface area contributed by atoms with Gasteiger partial charge in [0.15, 0.2) is 0 Å². The number of carbonyl (C=O) groups excluding carboxylic acids is 1. The molecule has 2 atom stereocenters. The van der Waals surface area contributed by atoms with Crippen molar-refractivity contribution in [1.29, 1.82) is 0 Å². The Kier molecular flexibility index (Phi) is 12.1. The summed E-state index contributed by atoms with van der Waals surface area (Å²) in [7, 11) is 0. The minimum atomic E-state index is -1.12. The van der Waals surface area contributed by atoms with E-state index in [1.807, 2.05) is 37.3 Å². The molecule has 42 heavy (non-hydrogen) atoms. The van der Waals surface area contributed by atoms with Gasteiger partial charge >= 0.3 is 11.9 Å². The highest BCUT2D eigenvalue weighted by Crippen LogP contribution is 2.34. The van der Waals surface area contributed by atoms with E-state index in [1.54, 1.807) is 18.2 Å². The molecule has 0 aliphatic heterocycles. The fourth-order valence-corrected chi connectivity index (χ4v) is 5.64. The zero-order valence-corrected chi connectivity index (χ0v) is 25.6. The molecule has 3 aromatic rings. The van der Waals surface area contributed by atoms with Gasteiger partial charge in [-0.25, -0.2) is 4.79 Å². The second kappa shape index (κ2) is 15.5. The highest BCUT2D eigenvalue weighted by molar-refractivity contribution is 9.10. The number of nitrogens with one attached hydrogen (secondary N) is 1. The van der Waals surface area contributed by atoms with Gasteiger partial charge in [0.1, 0.15) is 0 Å². The Morgan fingerprint density at radius 1 is 1.02 bits per heavy atom. The van der Waals surface area contributed by atoms with Crippen molar-refractivity contribution in [3.8, 4) is 0 Å². The number of carboxylic acid groups (broad SMARTS) is 2. The Bertz CT molecular complexity index is 1500. The van der Waals surface area contributed by atoms with Crippen LogP contribution in [0.2, 0.25) is 5.02 Å². The number of aliphatic carboxylic acids is 2. The van der Waals surface area contributed by atoms with Crippen molar-refractivity contribution < 1.29 is 29.5 Å². The van der Waals surface area contributed by atoms with E-state index in [2.05, 4.69) is 21.2 Å². The van der Waals surface area contributed by atoms with Crippen molar-refractivity contribution in [2.24, 2.45) is 11.8 Å². The van der Waals surface area contributed by atoms with E-state index in [0.717, 1.165) is 33.8 Å². The molecule has 4 rings (SSSR count). The van der Waals surface area contributed by atoms with E-state index >= 15 is 0 Å². The summed E-state index contributed by atoms with van der Waals surface area (Å²) in [4.78, 5) is 46.1. The minimum Gasteiger partial charge on any atom is -0.481 e. The molecular weight excluding hydrogens is 648 g/mol. The van der Waals surface area contributed by atoms with Crippen LogP contribution in [-0.2, 0) is 14.4 Å². The first-order valence-corrected chi connectivity index (χ1v) is 14.9. The maximum absolute atomic E-state index is 12.3. The van der Waals surface area contributed by atoms with Crippen molar-refractivity contribution in [3.05, 3.63) is 97.5 Å². The monoisotopic (exact) mass is 674 g/mol. The van der Waals surface area contributed by atoms with E-state index in [4.69, 9.17) is 16.7 Å². The van der Waals surface area contributed by atoms with Crippen LogP contribution in [0, 0.1) is 28.9 Å². The van der Waals surface area contributed by atoms with Crippen LogP contribution >= 0.6 is 39.3 Å². The maximum atomic E-state index is 12.3. The number of nitro benzene ring substituents is 1. The van der Waals surface area contributed by atoms with Gasteiger partial charge in [-0.2, -0.15) is 0 Å². The van der Waals surface area contributed by atoms with E-state index in [-0.39, 0.29) is 11.6 Å². The molecule has 1 fully saturated rings.